The number of likely N-dealkylation sites (tertiary alicyclic amines) is 1. The zero-order valence-corrected chi connectivity index (χ0v) is 12.3. The molecule has 22 heavy (non-hydrogen) atoms. The number of amides is 1. The van der Waals surface area contributed by atoms with Crippen LogP contribution in [0.4, 0.5) is 17.1 Å². The molecule has 2 unspecified atom stereocenters. The van der Waals surface area contributed by atoms with Crippen LogP contribution in [0.25, 0.3) is 0 Å². The molecule has 2 rings (SSSR count). The van der Waals surface area contributed by atoms with Crippen molar-refractivity contribution in [1.29, 1.82) is 0 Å². The maximum Gasteiger partial charge on any atom is 0.416 e. The Morgan fingerprint density at radius 3 is 2.45 bits per heavy atom. The van der Waals surface area contributed by atoms with Crippen LogP contribution in [-0.4, -0.2) is 31.0 Å². The van der Waals surface area contributed by atoms with Gasteiger partial charge in [0, 0.05) is 13.0 Å². The van der Waals surface area contributed by atoms with E-state index in [1.54, 1.807) is 0 Å². The molecule has 9 heteroatoms. The second-order valence-corrected chi connectivity index (χ2v) is 6.76. The molecule has 0 bridgehead atoms. The van der Waals surface area contributed by atoms with Crippen molar-refractivity contribution in [3.05, 3.63) is 35.4 Å². The Morgan fingerprint density at radius 1 is 1.32 bits per heavy atom. The minimum atomic E-state index is -4.86. The first-order valence-corrected chi connectivity index (χ1v) is 7.85. The number of benzene rings is 1. The number of rotatable bonds is 3. The summed E-state index contributed by atoms with van der Waals surface area (Å²) in [6, 6.07) is 3.64. The molecule has 1 aliphatic rings. The van der Waals surface area contributed by atoms with Crippen LogP contribution in [-0.2, 0) is 21.2 Å². The third kappa shape index (κ3) is 3.40. The fraction of sp³-hybridized carbons (Fsp3) is 0.462. The molecule has 1 aromatic rings. The van der Waals surface area contributed by atoms with Crippen LogP contribution < -0.4 is 0 Å². The van der Waals surface area contributed by atoms with E-state index in [4.69, 9.17) is 0 Å². The normalized spacial score (nSPS) is 21.2. The molecule has 0 spiro atoms. The van der Waals surface area contributed by atoms with Crippen molar-refractivity contribution < 1.29 is 30.3 Å². The van der Waals surface area contributed by atoms with Crippen LogP contribution in [0.1, 0.15) is 30.5 Å². The zero-order chi connectivity index (χ0) is 16.7. The van der Waals surface area contributed by atoms with E-state index in [1.807, 2.05) is 0 Å². The van der Waals surface area contributed by atoms with E-state index >= 15 is 0 Å². The van der Waals surface area contributed by atoms with Crippen molar-refractivity contribution in [3.8, 4) is 0 Å². The van der Waals surface area contributed by atoms with E-state index in [9.17, 15) is 30.3 Å². The first kappa shape index (κ1) is 16.7. The summed E-state index contributed by atoms with van der Waals surface area (Å²) in [5.74, 6) is -0.601. The standard InChI is InChI=1S/C13H13F4NO3S/c1-8(9-3-2-4-10(5-9)13(14,15)16)18-7-11(6-12(18)19)22(17,20)21/h2-5,8,11H,6-7H2,1H3. The summed E-state index contributed by atoms with van der Waals surface area (Å²) < 4.78 is 72.8. The molecule has 2 atom stereocenters. The number of nitrogens with zero attached hydrogens (tertiary/aromatic N) is 1. The Morgan fingerprint density at radius 2 is 1.95 bits per heavy atom. The summed E-state index contributed by atoms with van der Waals surface area (Å²) in [7, 11) is -4.86. The average Bonchev–Trinajstić information content (AvgIpc) is 2.79. The van der Waals surface area contributed by atoms with Gasteiger partial charge in [-0.15, -0.1) is 3.89 Å². The van der Waals surface area contributed by atoms with Gasteiger partial charge in [0.05, 0.1) is 11.6 Å². The molecule has 1 fully saturated rings. The molecule has 0 saturated carbocycles. The summed E-state index contributed by atoms with van der Waals surface area (Å²) in [4.78, 5) is 12.9. The number of alkyl halides is 3. The van der Waals surface area contributed by atoms with Crippen LogP contribution in [0.3, 0.4) is 0 Å². The smallest absolute Gasteiger partial charge is 0.334 e. The van der Waals surface area contributed by atoms with Gasteiger partial charge in [0.15, 0.2) is 0 Å². The van der Waals surface area contributed by atoms with Crippen LogP contribution in [0.2, 0.25) is 0 Å². The van der Waals surface area contributed by atoms with Crippen LogP contribution >= 0.6 is 0 Å². The van der Waals surface area contributed by atoms with Crippen molar-refractivity contribution in [2.24, 2.45) is 0 Å². The van der Waals surface area contributed by atoms with Crippen molar-refractivity contribution in [2.75, 3.05) is 6.54 Å². The maximum absolute atomic E-state index is 13.0. The summed E-state index contributed by atoms with van der Waals surface area (Å²) in [6.07, 6.45) is -5.02. The molecule has 1 aliphatic heterocycles. The first-order valence-electron chi connectivity index (χ1n) is 6.40. The van der Waals surface area contributed by atoms with Crippen molar-refractivity contribution in [3.63, 3.8) is 0 Å². The molecule has 0 aromatic heterocycles. The number of carbonyl (C=O) groups excluding carboxylic acids is 1. The molecule has 1 heterocycles. The molecular formula is C13H13F4NO3S. The maximum atomic E-state index is 13.0. The van der Waals surface area contributed by atoms with Gasteiger partial charge in [0.25, 0.3) is 0 Å². The van der Waals surface area contributed by atoms with Gasteiger partial charge in [0.1, 0.15) is 5.25 Å². The lowest BCUT2D eigenvalue weighted by molar-refractivity contribution is -0.137. The molecule has 1 aromatic carbocycles. The van der Waals surface area contributed by atoms with Gasteiger partial charge in [0.2, 0.25) is 5.91 Å². The highest BCUT2D eigenvalue weighted by molar-refractivity contribution is 7.87. The lowest BCUT2D eigenvalue weighted by atomic mass is 10.0. The Hall–Kier alpha value is -1.64. The molecule has 0 aliphatic carbocycles. The summed E-state index contributed by atoms with van der Waals surface area (Å²) in [6.45, 7) is 1.11. The number of halogens is 4. The molecule has 1 saturated heterocycles. The lowest BCUT2D eigenvalue weighted by Gasteiger charge is -2.25. The van der Waals surface area contributed by atoms with Gasteiger partial charge < -0.3 is 4.90 Å². The molecular weight excluding hydrogens is 326 g/mol. The largest absolute Gasteiger partial charge is 0.416 e. The monoisotopic (exact) mass is 339 g/mol. The summed E-state index contributed by atoms with van der Waals surface area (Å²) >= 11 is 0. The van der Waals surface area contributed by atoms with Crippen LogP contribution in [0.15, 0.2) is 24.3 Å². The third-order valence-corrected chi connectivity index (χ3v) is 4.80. The molecule has 1 amide bonds. The van der Waals surface area contributed by atoms with Gasteiger partial charge in [-0.1, -0.05) is 12.1 Å². The average molecular weight is 339 g/mol. The van der Waals surface area contributed by atoms with Crippen molar-refractivity contribution in [1.82, 2.24) is 4.90 Å². The summed E-state index contributed by atoms with van der Waals surface area (Å²) in [5.41, 5.74) is -0.654. The van der Waals surface area contributed by atoms with E-state index in [1.165, 1.54) is 19.1 Å². The predicted octanol–water partition coefficient (Wildman–Crippen LogP) is 2.67. The molecule has 122 valence electrons. The van der Waals surface area contributed by atoms with E-state index < -0.39 is 45.6 Å². The van der Waals surface area contributed by atoms with E-state index in [-0.39, 0.29) is 12.1 Å². The fourth-order valence-electron chi connectivity index (χ4n) is 2.42. The zero-order valence-electron chi connectivity index (χ0n) is 11.5. The number of hydrogen-bond donors (Lipinski definition) is 0. The highest BCUT2D eigenvalue weighted by Gasteiger charge is 2.41. The number of carbonyl (C=O) groups is 1. The predicted molar refractivity (Wildman–Crippen MR) is 70.0 cm³/mol. The molecule has 0 radical (unpaired) electrons. The van der Waals surface area contributed by atoms with E-state index in [0.717, 1.165) is 17.0 Å². The SMILES string of the molecule is CC(c1cccc(C(F)(F)F)c1)N1CC(S(=O)(=O)F)CC1=O. The Kier molecular flexibility index (Phi) is 4.20. The third-order valence-electron chi connectivity index (χ3n) is 3.68. The van der Waals surface area contributed by atoms with Crippen LogP contribution in [0.5, 0.6) is 0 Å². The Labute approximate surface area is 124 Å². The first-order chi connectivity index (χ1) is 10.00. The topological polar surface area (TPSA) is 54.5 Å². The Bertz CT molecular complexity index is 687. The highest BCUT2D eigenvalue weighted by atomic mass is 32.3. The van der Waals surface area contributed by atoms with Gasteiger partial charge >= 0.3 is 16.4 Å². The van der Waals surface area contributed by atoms with E-state index in [2.05, 4.69) is 0 Å². The molecule has 4 nitrogen and oxygen atoms in total. The second-order valence-electron chi connectivity index (χ2n) is 5.15. The lowest BCUT2D eigenvalue weighted by Crippen LogP contribution is -2.30. The fourth-order valence-corrected chi connectivity index (χ4v) is 3.10. The van der Waals surface area contributed by atoms with Gasteiger partial charge in [-0.2, -0.15) is 21.6 Å². The van der Waals surface area contributed by atoms with Crippen molar-refractivity contribution in [2.45, 2.75) is 30.8 Å². The van der Waals surface area contributed by atoms with E-state index in [0.29, 0.717) is 0 Å². The minimum absolute atomic E-state index is 0.208. The highest BCUT2D eigenvalue weighted by Crippen LogP contribution is 2.33. The van der Waals surface area contributed by atoms with Gasteiger partial charge in [-0.3, -0.25) is 4.79 Å². The number of hydrogen-bond acceptors (Lipinski definition) is 3. The van der Waals surface area contributed by atoms with Crippen LogP contribution in [0, 0.1) is 0 Å². The second kappa shape index (κ2) is 5.53. The van der Waals surface area contributed by atoms with Gasteiger partial charge in [-0.05, 0) is 24.6 Å². The minimum Gasteiger partial charge on any atom is -0.334 e. The quantitative estimate of drug-likeness (QED) is 0.628. The Balaban J connectivity index is 2.26. The summed E-state index contributed by atoms with van der Waals surface area (Å²) in [5, 5.41) is -1.46. The van der Waals surface area contributed by atoms with Gasteiger partial charge in [-0.25, -0.2) is 0 Å². The van der Waals surface area contributed by atoms with Crippen molar-refractivity contribution >= 4 is 16.1 Å². The molecule has 0 N–H and O–H groups in total.